The lowest BCUT2D eigenvalue weighted by Crippen LogP contribution is -2.73. The van der Waals surface area contributed by atoms with Crippen molar-refractivity contribution in [3.05, 3.63) is 29.6 Å². The van der Waals surface area contributed by atoms with Crippen LogP contribution in [0.15, 0.2) is 18.3 Å². The second kappa shape index (κ2) is 4.80. The van der Waals surface area contributed by atoms with E-state index in [2.05, 4.69) is 61.2 Å². The van der Waals surface area contributed by atoms with Crippen molar-refractivity contribution >= 4 is 11.0 Å². The number of fused-ring (bicyclic) bond motifs is 1. The lowest BCUT2D eigenvalue weighted by atomic mass is 9.66. The quantitative estimate of drug-likeness (QED) is 0.915. The van der Waals surface area contributed by atoms with E-state index in [4.69, 9.17) is 4.98 Å². The molecule has 2 aromatic heterocycles. The van der Waals surface area contributed by atoms with E-state index < -0.39 is 0 Å². The van der Waals surface area contributed by atoms with Gasteiger partial charge in [-0.3, -0.25) is 4.90 Å². The van der Waals surface area contributed by atoms with Gasteiger partial charge in [-0.1, -0.05) is 13.8 Å². The number of hydrogen-bond donors (Lipinski definition) is 2. The summed E-state index contributed by atoms with van der Waals surface area (Å²) in [5.74, 6) is 0.500. The molecule has 22 heavy (non-hydrogen) atoms. The standard InChI is InChI=1S/C18H26N4/c1-11(2)13-7-19-14-5-6-15(21-16(13)14)17-18(8-20-17)9-22(10-18)12(3)4/h5-7,11-12,17,19-20H,8-10H2,1-4H3. The Labute approximate surface area is 132 Å². The first kappa shape index (κ1) is 14.2. The zero-order valence-electron chi connectivity index (χ0n) is 14.0. The van der Waals surface area contributed by atoms with Crippen LogP contribution in [0, 0.1) is 5.41 Å². The minimum atomic E-state index is 0.416. The third kappa shape index (κ3) is 1.94. The summed E-state index contributed by atoms with van der Waals surface area (Å²) in [5, 5.41) is 3.62. The summed E-state index contributed by atoms with van der Waals surface area (Å²) in [6.07, 6.45) is 2.11. The van der Waals surface area contributed by atoms with E-state index in [0.29, 0.717) is 23.4 Å². The van der Waals surface area contributed by atoms with E-state index in [0.717, 1.165) is 17.6 Å². The minimum absolute atomic E-state index is 0.416. The van der Waals surface area contributed by atoms with Crippen molar-refractivity contribution in [2.24, 2.45) is 5.41 Å². The molecule has 2 aromatic rings. The van der Waals surface area contributed by atoms with Gasteiger partial charge in [-0.2, -0.15) is 0 Å². The van der Waals surface area contributed by atoms with Crippen molar-refractivity contribution in [1.29, 1.82) is 0 Å². The van der Waals surface area contributed by atoms with Gasteiger partial charge >= 0.3 is 0 Å². The first-order valence-corrected chi connectivity index (χ1v) is 8.45. The van der Waals surface area contributed by atoms with Crippen molar-refractivity contribution in [1.82, 2.24) is 20.2 Å². The van der Waals surface area contributed by atoms with Gasteiger partial charge < -0.3 is 10.3 Å². The highest BCUT2D eigenvalue weighted by Crippen LogP contribution is 2.48. The Morgan fingerprint density at radius 3 is 2.59 bits per heavy atom. The van der Waals surface area contributed by atoms with E-state index in [1.54, 1.807) is 0 Å². The third-order valence-corrected chi connectivity index (χ3v) is 5.53. The Bertz CT molecular complexity index is 694. The Balaban J connectivity index is 1.63. The number of nitrogens with zero attached hydrogens (tertiary/aromatic N) is 2. The molecular weight excluding hydrogens is 272 g/mol. The normalized spacial score (nSPS) is 24.2. The smallest absolute Gasteiger partial charge is 0.0917 e. The highest BCUT2D eigenvalue weighted by Gasteiger charge is 2.56. The van der Waals surface area contributed by atoms with Crippen LogP contribution in [0.3, 0.4) is 0 Å². The summed E-state index contributed by atoms with van der Waals surface area (Å²) in [6, 6.07) is 5.46. The lowest BCUT2D eigenvalue weighted by molar-refractivity contribution is -0.0973. The largest absolute Gasteiger partial charge is 0.360 e. The second-order valence-electron chi connectivity index (χ2n) is 7.71. The number of aromatic amines is 1. The molecule has 2 fully saturated rings. The molecule has 2 N–H and O–H groups in total. The van der Waals surface area contributed by atoms with Crippen LogP contribution in [0.4, 0.5) is 0 Å². The monoisotopic (exact) mass is 298 g/mol. The van der Waals surface area contributed by atoms with E-state index in [9.17, 15) is 0 Å². The van der Waals surface area contributed by atoms with Crippen molar-refractivity contribution in [3.8, 4) is 0 Å². The van der Waals surface area contributed by atoms with Crippen LogP contribution in [0.1, 0.15) is 50.9 Å². The van der Waals surface area contributed by atoms with Crippen LogP contribution >= 0.6 is 0 Å². The Kier molecular flexibility index (Phi) is 3.10. The molecule has 0 aliphatic carbocycles. The van der Waals surface area contributed by atoms with Crippen molar-refractivity contribution in [2.75, 3.05) is 19.6 Å². The fourth-order valence-corrected chi connectivity index (χ4v) is 3.97. The van der Waals surface area contributed by atoms with Crippen LogP contribution in [0.2, 0.25) is 0 Å². The molecule has 1 atom stereocenters. The molecule has 2 aliphatic heterocycles. The molecule has 4 rings (SSSR count). The number of rotatable bonds is 3. The van der Waals surface area contributed by atoms with Gasteiger partial charge in [0.05, 0.1) is 22.8 Å². The van der Waals surface area contributed by atoms with Gasteiger partial charge in [0.25, 0.3) is 0 Å². The molecule has 0 amide bonds. The number of nitrogens with one attached hydrogen (secondary N) is 2. The molecule has 118 valence electrons. The predicted molar refractivity (Wildman–Crippen MR) is 90.1 cm³/mol. The van der Waals surface area contributed by atoms with Crippen LogP contribution in [-0.4, -0.2) is 40.5 Å². The van der Waals surface area contributed by atoms with Crippen LogP contribution in [-0.2, 0) is 0 Å². The van der Waals surface area contributed by atoms with E-state index in [-0.39, 0.29) is 0 Å². The first-order valence-electron chi connectivity index (χ1n) is 8.45. The highest BCUT2D eigenvalue weighted by atomic mass is 15.3. The maximum Gasteiger partial charge on any atom is 0.0917 e. The average molecular weight is 298 g/mol. The Hall–Kier alpha value is -1.39. The van der Waals surface area contributed by atoms with Crippen molar-refractivity contribution < 1.29 is 0 Å². The lowest BCUT2D eigenvalue weighted by Gasteiger charge is -2.62. The number of H-pyrrole nitrogens is 1. The number of hydrogen-bond acceptors (Lipinski definition) is 3. The summed E-state index contributed by atoms with van der Waals surface area (Å²) >= 11 is 0. The van der Waals surface area contributed by atoms with Crippen molar-refractivity contribution in [3.63, 3.8) is 0 Å². The summed E-state index contributed by atoms with van der Waals surface area (Å²) in [6.45, 7) is 12.6. The third-order valence-electron chi connectivity index (χ3n) is 5.53. The van der Waals surface area contributed by atoms with Gasteiger partial charge in [0, 0.05) is 37.3 Å². The topological polar surface area (TPSA) is 44.0 Å². The molecule has 1 unspecified atom stereocenters. The van der Waals surface area contributed by atoms with Gasteiger partial charge in [0.15, 0.2) is 0 Å². The average Bonchev–Trinajstić information content (AvgIpc) is 2.78. The Morgan fingerprint density at radius 2 is 2.00 bits per heavy atom. The zero-order valence-corrected chi connectivity index (χ0v) is 14.0. The fraction of sp³-hybridized carbons (Fsp3) is 0.611. The van der Waals surface area contributed by atoms with Gasteiger partial charge in [-0.05, 0) is 37.5 Å². The maximum atomic E-state index is 5.01. The maximum absolute atomic E-state index is 5.01. The molecule has 4 heterocycles. The molecule has 0 radical (unpaired) electrons. The van der Waals surface area contributed by atoms with Crippen LogP contribution < -0.4 is 5.32 Å². The van der Waals surface area contributed by atoms with Gasteiger partial charge in [-0.25, -0.2) is 4.98 Å². The van der Waals surface area contributed by atoms with Crippen LogP contribution in [0.5, 0.6) is 0 Å². The van der Waals surface area contributed by atoms with Crippen LogP contribution in [0.25, 0.3) is 11.0 Å². The van der Waals surface area contributed by atoms with Gasteiger partial charge in [0.1, 0.15) is 0 Å². The zero-order chi connectivity index (χ0) is 15.5. The van der Waals surface area contributed by atoms with E-state index in [1.165, 1.54) is 24.3 Å². The summed E-state index contributed by atoms with van der Waals surface area (Å²) in [4.78, 5) is 10.9. The molecule has 2 saturated heterocycles. The molecule has 0 aromatic carbocycles. The van der Waals surface area contributed by atoms with Crippen molar-refractivity contribution in [2.45, 2.75) is 45.7 Å². The number of pyridine rings is 1. The molecule has 0 bridgehead atoms. The molecule has 1 spiro atoms. The highest BCUT2D eigenvalue weighted by molar-refractivity contribution is 5.79. The molecule has 4 nitrogen and oxygen atoms in total. The molecule has 0 saturated carbocycles. The molecule has 4 heteroatoms. The fourth-order valence-electron chi connectivity index (χ4n) is 3.97. The summed E-state index contributed by atoms with van der Waals surface area (Å²) in [5.41, 5.74) is 5.25. The molecular formula is C18H26N4. The number of likely N-dealkylation sites (tertiary alicyclic amines) is 1. The molecule has 2 aliphatic rings. The second-order valence-corrected chi connectivity index (χ2v) is 7.71. The summed E-state index contributed by atoms with van der Waals surface area (Å²) in [7, 11) is 0. The first-order chi connectivity index (χ1) is 10.5. The number of aromatic nitrogens is 2. The Morgan fingerprint density at radius 1 is 1.23 bits per heavy atom. The van der Waals surface area contributed by atoms with Gasteiger partial charge in [0.2, 0.25) is 0 Å². The van der Waals surface area contributed by atoms with Gasteiger partial charge in [-0.15, -0.1) is 0 Å². The predicted octanol–water partition coefficient (Wildman–Crippen LogP) is 3.04. The summed E-state index contributed by atoms with van der Waals surface area (Å²) < 4.78 is 0. The van der Waals surface area contributed by atoms with E-state index in [1.807, 2.05) is 0 Å². The minimum Gasteiger partial charge on any atom is -0.360 e. The SMILES string of the molecule is CC(C)c1c[nH]c2ccc(C3NCC34CN(C(C)C)C4)nc12. The van der Waals surface area contributed by atoms with E-state index >= 15 is 0 Å².